The van der Waals surface area contributed by atoms with Crippen molar-refractivity contribution in [2.75, 3.05) is 42.7 Å². The standard InChI is InChI=1S/C28H33F2N7O2/c1-7-10-37(16(2)3)23-12-18(11-20(29)17(23)4)26-21(30)14-31-27(35-26)33-19-8-9-24-22(13-19)34-28(39-24)32-15-25(38)36(5)6/h8-9,11-14,16H,7,10,15H2,1-6H3,(H,32,34)(H,31,33,35). The van der Waals surface area contributed by atoms with Crippen LogP contribution in [0, 0.1) is 18.6 Å². The lowest BCUT2D eigenvalue weighted by molar-refractivity contribution is -0.126. The molecule has 0 saturated heterocycles. The molecule has 0 aliphatic carbocycles. The fraction of sp³-hybridized carbons (Fsp3) is 0.357. The second-order valence-electron chi connectivity index (χ2n) is 9.75. The first-order valence-electron chi connectivity index (χ1n) is 12.8. The van der Waals surface area contributed by atoms with Crippen molar-refractivity contribution in [2.45, 2.75) is 40.2 Å². The van der Waals surface area contributed by atoms with Gasteiger partial charge in [-0.3, -0.25) is 4.79 Å². The third-order valence-electron chi connectivity index (χ3n) is 6.27. The third-order valence-corrected chi connectivity index (χ3v) is 6.27. The van der Waals surface area contributed by atoms with Crippen molar-refractivity contribution in [1.82, 2.24) is 19.9 Å². The number of carbonyl (C=O) groups is 1. The molecule has 2 heterocycles. The molecule has 0 bridgehead atoms. The highest BCUT2D eigenvalue weighted by Gasteiger charge is 2.19. The Morgan fingerprint density at radius 3 is 2.56 bits per heavy atom. The first-order chi connectivity index (χ1) is 18.6. The summed E-state index contributed by atoms with van der Waals surface area (Å²) < 4.78 is 35.6. The van der Waals surface area contributed by atoms with Crippen LogP contribution in [0.4, 0.5) is 32.1 Å². The van der Waals surface area contributed by atoms with Gasteiger partial charge < -0.3 is 24.9 Å². The summed E-state index contributed by atoms with van der Waals surface area (Å²) in [5.74, 6) is -1.06. The maximum absolute atomic E-state index is 15.0. The molecule has 4 rings (SSSR count). The summed E-state index contributed by atoms with van der Waals surface area (Å²) in [6, 6.07) is 8.61. The number of halogens is 2. The van der Waals surface area contributed by atoms with E-state index < -0.39 is 11.6 Å². The molecule has 0 aliphatic heterocycles. The lowest BCUT2D eigenvalue weighted by Crippen LogP contribution is -2.32. The number of anilines is 4. The molecule has 0 spiro atoms. The molecule has 9 nitrogen and oxygen atoms in total. The molecule has 2 N–H and O–H groups in total. The molecule has 0 fully saturated rings. The van der Waals surface area contributed by atoms with E-state index in [1.807, 2.05) is 13.8 Å². The van der Waals surface area contributed by atoms with E-state index >= 15 is 4.39 Å². The molecule has 2 aromatic heterocycles. The molecular weight excluding hydrogens is 504 g/mol. The van der Waals surface area contributed by atoms with Crippen LogP contribution < -0.4 is 15.5 Å². The molecule has 0 saturated carbocycles. The zero-order valence-corrected chi connectivity index (χ0v) is 23.0. The number of benzene rings is 2. The highest BCUT2D eigenvalue weighted by molar-refractivity contribution is 5.82. The normalized spacial score (nSPS) is 11.2. The summed E-state index contributed by atoms with van der Waals surface area (Å²) in [4.78, 5) is 28.2. The number of oxazole rings is 1. The lowest BCUT2D eigenvalue weighted by Gasteiger charge is -2.30. The van der Waals surface area contributed by atoms with E-state index in [2.05, 4.69) is 37.4 Å². The summed E-state index contributed by atoms with van der Waals surface area (Å²) in [6.07, 6.45) is 1.95. The minimum Gasteiger partial charge on any atom is -0.424 e. The Kier molecular flexibility index (Phi) is 8.27. The Hall–Kier alpha value is -4.28. The monoisotopic (exact) mass is 537 g/mol. The van der Waals surface area contributed by atoms with E-state index in [-0.39, 0.29) is 36.2 Å². The van der Waals surface area contributed by atoms with Gasteiger partial charge in [-0.1, -0.05) is 6.92 Å². The van der Waals surface area contributed by atoms with Gasteiger partial charge in [0.2, 0.25) is 11.9 Å². The average molecular weight is 538 g/mol. The number of amides is 1. The van der Waals surface area contributed by atoms with E-state index in [0.717, 1.165) is 19.2 Å². The maximum atomic E-state index is 15.0. The predicted molar refractivity (Wildman–Crippen MR) is 149 cm³/mol. The average Bonchev–Trinajstić information content (AvgIpc) is 3.30. The summed E-state index contributed by atoms with van der Waals surface area (Å²) in [5, 5.41) is 5.92. The minimum absolute atomic E-state index is 0.00702. The molecule has 11 heteroatoms. The molecule has 0 atom stereocenters. The van der Waals surface area contributed by atoms with E-state index in [9.17, 15) is 9.18 Å². The molecule has 206 valence electrons. The van der Waals surface area contributed by atoms with Gasteiger partial charge in [-0.15, -0.1) is 0 Å². The summed E-state index contributed by atoms with van der Waals surface area (Å²) in [5.41, 5.74) is 3.19. The largest absolute Gasteiger partial charge is 0.424 e. The van der Waals surface area contributed by atoms with Gasteiger partial charge in [-0.25, -0.2) is 18.7 Å². The minimum atomic E-state index is -0.656. The number of rotatable bonds is 10. The molecule has 0 unspecified atom stereocenters. The molecule has 0 radical (unpaired) electrons. The number of hydrogen-bond donors (Lipinski definition) is 2. The summed E-state index contributed by atoms with van der Waals surface area (Å²) in [7, 11) is 3.33. The van der Waals surface area contributed by atoms with Crippen LogP contribution in [-0.4, -0.2) is 59.0 Å². The van der Waals surface area contributed by atoms with Gasteiger partial charge in [0.25, 0.3) is 6.01 Å². The van der Waals surface area contributed by atoms with Gasteiger partial charge in [-0.05, 0) is 57.5 Å². The molecule has 4 aromatic rings. The summed E-state index contributed by atoms with van der Waals surface area (Å²) in [6.45, 7) is 8.67. The lowest BCUT2D eigenvalue weighted by atomic mass is 10.0. The van der Waals surface area contributed by atoms with Crippen molar-refractivity contribution in [3.8, 4) is 11.3 Å². The van der Waals surface area contributed by atoms with Gasteiger partial charge in [0.05, 0.1) is 12.7 Å². The zero-order chi connectivity index (χ0) is 28.3. The number of aromatic nitrogens is 3. The first-order valence-corrected chi connectivity index (χ1v) is 12.8. The fourth-order valence-corrected chi connectivity index (χ4v) is 4.15. The smallest absolute Gasteiger partial charge is 0.296 e. The zero-order valence-electron chi connectivity index (χ0n) is 23.0. The molecule has 0 aliphatic rings. The Balaban J connectivity index is 1.61. The quantitative estimate of drug-likeness (QED) is 0.264. The van der Waals surface area contributed by atoms with Gasteiger partial charge in [0.1, 0.15) is 17.0 Å². The van der Waals surface area contributed by atoms with Crippen LogP contribution in [0.15, 0.2) is 40.9 Å². The van der Waals surface area contributed by atoms with Crippen LogP contribution in [0.5, 0.6) is 0 Å². The topological polar surface area (TPSA) is 99.4 Å². The van der Waals surface area contributed by atoms with Crippen molar-refractivity contribution in [3.05, 3.63) is 53.7 Å². The van der Waals surface area contributed by atoms with Crippen molar-refractivity contribution < 1.29 is 18.0 Å². The molecule has 1 amide bonds. The van der Waals surface area contributed by atoms with Crippen molar-refractivity contribution in [2.24, 2.45) is 0 Å². The SMILES string of the molecule is CCCN(c1cc(-c2nc(Nc3ccc4oc(NCC(=O)N(C)C)nc4c3)ncc2F)cc(F)c1C)C(C)C. The Morgan fingerprint density at radius 1 is 1.10 bits per heavy atom. The number of fused-ring (bicyclic) bond motifs is 1. The van der Waals surface area contributed by atoms with Crippen LogP contribution in [0.3, 0.4) is 0 Å². The first kappa shape index (κ1) is 27.7. The number of nitrogens with one attached hydrogen (secondary N) is 2. The van der Waals surface area contributed by atoms with Crippen molar-refractivity contribution >= 4 is 40.3 Å². The second kappa shape index (κ2) is 11.6. The number of likely N-dealkylation sites (N-methyl/N-ethyl adjacent to an activating group) is 1. The van der Waals surface area contributed by atoms with Crippen molar-refractivity contribution in [1.29, 1.82) is 0 Å². The summed E-state index contributed by atoms with van der Waals surface area (Å²) >= 11 is 0. The van der Waals surface area contributed by atoms with Crippen molar-refractivity contribution in [3.63, 3.8) is 0 Å². The Bertz CT molecular complexity index is 1490. The van der Waals surface area contributed by atoms with Gasteiger partial charge in [-0.2, -0.15) is 4.98 Å². The number of carbonyl (C=O) groups excluding carboxylic acids is 1. The fourth-order valence-electron chi connectivity index (χ4n) is 4.15. The third kappa shape index (κ3) is 6.24. The van der Waals surface area contributed by atoms with E-state index in [0.29, 0.717) is 33.6 Å². The molecular formula is C28H33F2N7O2. The van der Waals surface area contributed by atoms with Crippen LogP contribution in [0.2, 0.25) is 0 Å². The Labute approximate surface area is 226 Å². The van der Waals surface area contributed by atoms with Crippen LogP contribution in [-0.2, 0) is 4.79 Å². The maximum Gasteiger partial charge on any atom is 0.296 e. The van der Waals surface area contributed by atoms with E-state index in [1.165, 1.54) is 11.0 Å². The van der Waals surface area contributed by atoms with Gasteiger partial charge in [0, 0.05) is 49.2 Å². The Morgan fingerprint density at radius 2 is 1.87 bits per heavy atom. The van der Waals surface area contributed by atoms with Crippen LogP contribution >= 0.6 is 0 Å². The van der Waals surface area contributed by atoms with E-state index in [1.54, 1.807) is 45.3 Å². The molecule has 2 aromatic carbocycles. The van der Waals surface area contributed by atoms with Crippen LogP contribution in [0.1, 0.15) is 32.8 Å². The molecule has 39 heavy (non-hydrogen) atoms. The number of hydrogen-bond acceptors (Lipinski definition) is 8. The van der Waals surface area contributed by atoms with Gasteiger partial charge in [0.15, 0.2) is 11.4 Å². The highest BCUT2D eigenvalue weighted by atomic mass is 19.1. The highest BCUT2D eigenvalue weighted by Crippen LogP contribution is 2.32. The van der Waals surface area contributed by atoms with E-state index in [4.69, 9.17) is 4.42 Å². The second-order valence-corrected chi connectivity index (χ2v) is 9.75. The predicted octanol–water partition coefficient (Wildman–Crippen LogP) is 5.74. The number of nitrogens with zero attached hydrogens (tertiary/aromatic N) is 5. The van der Waals surface area contributed by atoms with Gasteiger partial charge >= 0.3 is 0 Å². The van der Waals surface area contributed by atoms with Crippen LogP contribution in [0.25, 0.3) is 22.4 Å².